The van der Waals surface area contributed by atoms with E-state index in [2.05, 4.69) is 57.4 Å². The first-order chi connectivity index (χ1) is 9.67. The Balaban J connectivity index is 2.02. The Bertz CT molecular complexity index is 576. The molecule has 1 N–H and O–H groups in total. The van der Waals surface area contributed by atoms with Crippen molar-refractivity contribution >= 4 is 38.5 Å². The SMILES string of the molecule is CSC(=NCc1ccc(C)cc1)Nc1ccc(Br)cc1. The van der Waals surface area contributed by atoms with Crippen LogP contribution in [0.5, 0.6) is 0 Å². The van der Waals surface area contributed by atoms with Crippen LogP contribution in [0.2, 0.25) is 0 Å². The third-order valence-corrected chi connectivity index (χ3v) is 3.96. The molecule has 104 valence electrons. The van der Waals surface area contributed by atoms with Gasteiger partial charge in [0.2, 0.25) is 0 Å². The van der Waals surface area contributed by atoms with Crippen molar-refractivity contribution in [2.75, 3.05) is 11.6 Å². The Morgan fingerprint density at radius 3 is 2.35 bits per heavy atom. The number of amidine groups is 1. The van der Waals surface area contributed by atoms with Crippen LogP contribution in [0.25, 0.3) is 0 Å². The molecule has 4 heteroatoms. The van der Waals surface area contributed by atoms with Crippen LogP contribution in [0, 0.1) is 6.92 Å². The molecule has 0 aliphatic heterocycles. The summed E-state index contributed by atoms with van der Waals surface area (Å²) in [5, 5.41) is 4.25. The summed E-state index contributed by atoms with van der Waals surface area (Å²) in [6.45, 7) is 2.79. The second-order valence-electron chi connectivity index (χ2n) is 4.44. The maximum atomic E-state index is 4.62. The second kappa shape index (κ2) is 7.50. The van der Waals surface area contributed by atoms with Gasteiger partial charge in [0.1, 0.15) is 0 Å². The van der Waals surface area contributed by atoms with Gasteiger partial charge < -0.3 is 5.32 Å². The molecule has 2 aromatic carbocycles. The van der Waals surface area contributed by atoms with E-state index in [1.54, 1.807) is 11.8 Å². The maximum Gasteiger partial charge on any atom is 0.161 e. The molecule has 0 amide bonds. The summed E-state index contributed by atoms with van der Waals surface area (Å²) in [6, 6.07) is 16.6. The van der Waals surface area contributed by atoms with Crippen LogP contribution in [-0.2, 0) is 6.54 Å². The fourth-order valence-electron chi connectivity index (χ4n) is 1.67. The fraction of sp³-hybridized carbons (Fsp3) is 0.188. The molecular weight excluding hydrogens is 332 g/mol. The minimum atomic E-state index is 0.694. The molecule has 0 radical (unpaired) electrons. The third kappa shape index (κ3) is 4.69. The molecular formula is C16H17BrN2S. The summed E-state index contributed by atoms with van der Waals surface area (Å²) >= 11 is 5.05. The molecule has 0 fully saturated rings. The summed E-state index contributed by atoms with van der Waals surface area (Å²) in [6.07, 6.45) is 2.03. The Hall–Kier alpha value is -1.26. The van der Waals surface area contributed by atoms with Crippen LogP contribution in [0.4, 0.5) is 5.69 Å². The molecule has 0 spiro atoms. The molecule has 0 aliphatic carbocycles. The number of anilines is 1. The normalized spacial score (nSPS) is 11.4. The van der Waals surface area contributed by atoms with Gasteiger partial charge in [-0.15, -0.1) is 0 Å². The smallest absolute Gasteiger partial charge is 0.161 e. The van der Waals surface area contributed by atoms with Gasteiger partial charge in [-0.1, -0.05) is 57.5 Å². The first-order valence-corrected chi connectivity index (χ1v) is 8.36. The maximum absolute atomic E-state index is 4.62. The van der Waals surface area contributed by atoms with Gasteiger partial charge in [-0.2, -0.15) is 0 Å². The highest BCUT2D eigenvalue weighted by atomic mass is 79.9. The van der Waals surface area contributed by atoms with Crippen LogP contribution < -0.4 is 5.32 Å². The van der Waals surface area contributed by atoms with E-state index in [4.69, 9.17) is 0 Å². The van der Waals surface area contributed by atoms with E-state index >= 15 is 0 Å². The lowest BCUT2D eigenvalue weighted by molar-refractivity contribution is 1.07. The predicted octanol–water partition coefficient (Wildman–Crippen LogP) is 5.09. The highest BCUT2D eigenvalue weighted by molar-refractivity contribution is 9.10. The van der Waals surface area contributed by atoms with Gasteiger partial charge in [0, 0.05) is 10.2 Å². The van der Waals surface area contributed by atoms with E-state index in [9.17, 15) is 0 Å². The van der Waals surface area contributed by atoms with Gasteiger partial charge in [0.15, 0.2) is 5.17 Å². The average molecular weight is 349 g/mol. The number of benzene rings is 2. The zero-order valence-electron chi connectivity index (χ0n) is 11.6. The fourth-order valence-corrected chi connectivity index (χ4v) is 2.35. The van der Waals surface area contributed by atoms with Crippen LogP contribution in [0.1, 0.15) is 11.1 Å². The topological polar surface area (TPSA) is 24.4 Å². The van der Waals surface area contributed by atoms with Crippen molar-refractivity contribution in [3.05, 3.63) is 64.1 Å². The predicted molar refractivity (Wildman–Crippen MR) is 93.6 cm³/mol. The van der Waals surface area contributed by atoms with Gasteiger partial charge in [0.25, 0.3) is 0 Å². The van der Waals surface area contributed by atoms with Crippen molar-refractivity contribution in [1.82, 2.24) is 0 Å². The average Bonchev–Trinajstić information content (AvgIpc) is 2.47. The molecule has 0 saturated carbocycles. The monoisotopic (exact) mass is 348 g/mol. The summed E-state index contributed by atoms with van der Waals surface area (Å²) < 4.78 is 1.07. The number of thioether (sulfide) groups is 1. The summed E-state index contributed by atoms with van der Waals surface area (Å²) in [4.78, 5) is 4.62. The van der Waals surface area contributed by atoms with E-state index in [-0.39, 0.29) is 0 Å². The molecule has 0 unspecified atom stereocenters. The van der Waals surface area contributed by atoms with Gasteiger partial charge in [-0.3, -0.25) is 4.99 Å². The number of nitrogens with zero attached hydrogens (tertiary/aromatic N) is 1. The number of aliphatic imine (C=N–C) groups is 1. The van der Waals surface area contributed by atoms with Crippen LogP contribution >= 0.6 is 27.7 Å². The van der Waals surface area contributed by atoms with Gasteiger partial charge in [-0.05, 0) is 43.0 Å². The molecule has 0 aromatic heterocycles. The Labute approximate surface area is 132 Å². The lowest BCUT2D eigenvalue weighted by atomic mass is 10.1. The molecule has 2 rings (SSSR count). The highest BCUT2D eigenvalue weighted by Gasteiger charge is 1.99. The molecule has 0 saturated heterocycles. The van der Waals surface area contributed by atoms with Gasteiger partial charge >= 0.3 is 0 Å². The molecule has 2 aromatic rings. The van der Waals surface area contributed by atoms with Crippen molar-refractivity contribution in [3.63, 3.8) is 0 Å². The number of halogens is 1. The van der Waals surface area contributed by atoms with Crippen molar-refractivity contribution in [3.8, 4) is 0 Å². The van der Waals surface area contributed by atoms with Crippen LogP contribution in [-0.4, -0.2) is 11.4 Å². The Morgan fingerprint density at radius 2 is 1.75 bits per heavy atom. The molecule has 20 heavy (non-hydrogen) atoms. The number of rotatable bonds is 3. The first kappa shape index (κ1) is 15.1. The van der Waals surface area contributed by atoms with E-state index in [1.165, 1.54) is 11.1 Å². The molecule has 0 aliphatic rings. The Morgan fingerprint density at radius 1 is 1.10 bits per heavy atom. The minimum Gasteiger partial charge on any atom is -0.335 e. The van der Waals surface area contributed by atoms with Crippen molar-refractivity contribution < 1.29 is 0 Å². The van der Waals surface area contributed by atoms with E-state index in [0.717, 1.165) is 15.3 Å². The summed E-state index contributed by atoms with van der Waals surface area (Å²) in [5.41, 5.74) is 3.54. The van der Waals surface area contributed by atoms with Crippen LogP contribution in [0.15, 0.2) is 58.0 Å². The number of hydrogen-bond acceptors (Lipinski definition) is 2. The molecule has 0 bridgehead atoms. The van der Waals surface area contributed by atoms with E-state index < -0.39 is 0 Å². The zero-order valence-corrected chi connectivity index (χ0v) is 14.0. The quantitative estimate of drug-likeness (QED) is 0.617. The summed E-state index contributed by atoms with van der Waals surface area (Å²) in [5.74, 6) is 0. The van der Waals surface area contributed by atoms with Crippen molar-refractivity contribution in [2.45, 2.75) is 13.5 Å². The molecule has 0 atom stereocenters. The second-order valence-corrected chi connectivity index (χ2v) is 6.15. The van der Waals surface area contributed by atoms with Crippen molar-refractivity contribution in [2.24, 2.45) is 4.99 Å². The largest absolute Gasteiger partial charge is 0.335 e. The lowest BCUT2D eigenvalue weighted by Gasteiger charge is -2.08. The van der Waals surface area contributed by atoms with Gasteiger partial charge in [-0.25, -0.2) is 0 Å². The lowest BCUT2D eigenvalue weighted by Crippen LogP contribution is -2.07. The molecule has 2 nitrogen and oxygen atoms in total. The number of nitrogens with one attached hydrogen (secondary N) is 1. The van der Waals surface area contributed by atoms with Crippen molar-refractivity contribution in [1.29, 1.82) is 0 Å². The first-order valence-electron chi connectivity index (χ1n) is 6.34. The Kier molecular flexibility index (Phi) is 5.68. The van der Waals surface area contributed by atoms with E-state index in [1.807, 2.05) is 30.5 Å². The van der Waals surface area contributed by atoms with Crippen LogP contribution in [0.3, 0.4) is 0 Å². The zero-order chi connectivity index (χ0) is 14.4. The highest BCUT2D eigenvalue weighted by Crippen LogP contribution is 2.16. The number of hydrogen-bond donors (Lipinski definition) is 1. The molecule has 0 heterocycles. The minimum absolute atomic E-state index is 0.694. The standard InChI is InChI=1S/C16H17BrN2S/c1-12-3-5-13(6-4-12)11-18-16(20-2)19-15-9-7-14(17)8-10-15/h3-10H,11H2,1-2H3,(H,18,19). The number of aryl methyl sites for hydroxylation is 1. The summed E-state index contributed by atoms with van der Waals surface area (Å²) in [7, 11) is 0. The van der Waals surface area contributed by atoms with E-state index in [0.29, 0.717) is 6.54 Å². The third-order valence-electron chi connectivity index (χ3n) is 2.81. The van der Waals surface area contributed by atoms with Gasteiger partial charge in [0.05, 0.1) is 6.54 Å².